The van der Waals surface area contributed by atoms with Gasteiger partial charge in [-0.25, -0.2) is 9.78 Å². The Labute approximate surface area is 194 Å². The first-order chi connectivity index (χ1) is 16.1. The highest BCUT2D eigenvalue weighted by molar-refractivity contribution is 7.11. The first-order valence-corrected chi connectivity index (χ1v) is 11.4. The number of thiazole rings is 1. The molecular weight excluding hydrogens is 436 g/mol. The van der Waals surface area contributed by atoms with Crippen LogP contribution in [-0.4, -0.2) is 33.7 Å². The van der Waals surface area contributed by atoms with Crippen molar-refractivity contribution in [2.45, 2.75) is 13.3 Å². The molecule has 0 fully saturated rings. The number of anilines is 1. The number of esters is 1. The van der Waals surface area contributed by atoms with Gasteiger partial charge >= 0.3 is 5.97 Å². The zero-order valence-corrected chi connectivity index (χ0v) is 18.6. The number of ether oxygens (including phenoxy) is 1. The van der Waals surface area contributed by atoms with E-state index in [0.717, 1.165) is 16.8 Å². The molecule has 2 aromatic carbocycles. The average Bonchev–Trinajstić information content (AvgIpc) is 3.50. The number of fused-ring (bicyclic) bond motifs is 1. The molecule has 4 aromatic rings. The van der Waals surface area contributed by atoms with E-state index in [1.165, 1.54) is 11.3 Å². The molecule has 1 aliphatic heterocycles. The van der Waals surface area contributed by atoms with E-state index in [0.29, 0.717) is 34.4 Å². The van der Waals surface area contributed by atoms with Gasteiger partial charge in [0.15, 0.2) is 0 Å². The summed E-state index contributed by atoms with van der Waals surface area (Å²) in [7, 11) is 0. The normalized spacial score (nSPS) is 13.0. The fourth-order valence-electron chi connectivity index (χ4n) is 3.64. The molecule has 33 heavy (non-hydrogen) atoms. The fourth-order valence-corrected chi connectivity index (χ4v) is 4.36. The van der Waals surface area contributed by atoms with Gasteiger partial charge in [0, 0.05) is 29.0 Å². The third kappa shape index (κ3) is 4.33. The molecule has 1 amide bonds. The standard InChI is InChI=1S/C25H20N4O3S/c1-2-32-25(31)24-28-22(15-33-24)17-7-5-6-16(12-17)20-14-23(30)27-21-13-18(8-9-19(21)26-20)29-10-3-4-11-29/h3-13,15H,2,14H2,1H3,(H,27,30). The van der Waals surface area contributed by atoms with Crippen LogP contribution in [0.1, 0.15) is 28.7 Å². The lowest BCUT2D eigenvalue weighted by atomic mass is 10.0. The van der Waals surface area contributed by atoms with Crippen LogP contribution in [0.3, 0.4) is 0 Å². The highest BCUT2D eigenvalue weighted by Gasteiger charge is 2.19. The maximum Gasteiger partial charge on any atom is 0.367 e. The zero-order valence-electron chi connectivity index (χ0n) is 17.8. The predicted octanol–water partition coefficient (Wildman–Crippen LogP) is 5.24. The molecule has 164 valence electrons. The number of carbonyl (C=O) groups is 2. The van der Waals surface area contributed by atoms with Crippen LogP contribution in [0.25, 0.3) is 16.9 Å². The second-order valence-corrected chi connectivity index (χ2v) is 8.27. The van der Waals surface area contributed by atoms with Gasteiger partial charge in [0.05, 0.1) is 35.8 Å². The first kappa shape index (κ1) is 20.8. The molecule has 0 unspecified atom stereocenters. The molecule has 1 aliphatic rings. The molecule has 3 heterocycles. The summed E-state index contributed by atoms with van der Waals surface area (Å²) in [6.45, 7) is 2.07. The highest BCUT2D eigenvalue weighted by Crippen LogP contribution is 2.32. The molecule has 8 heteroatoms. The topological polar surface area (TPSA) is 85.6 Å². The maximum absolute atomic E-state index is 12.7. The zero-order chi connectivity index (χ0) is 22.8. The minimum Gasteiger partial charge on any atom is -0.461 e. The number of nitrogens with one attached hydrogen (secondary N) is 1. The van der Waals surface area contributed by atoms with Crippen molar-refractivity contribution in [3.63, 3.8) is 0 Å². The van der Waals surface area contributed by atoms with Crippen molar-refractivity contribution in [2.24, 2.45) is 4.99 Å². The third-order valence-electron chi connectivity index (χ3n) is 5.19. The van der Waals surface area contributed by atoms with Crippen LogP contribution in [0.4, 0.5) is 11.4 Å². The molecule has 1 N–H and O–H groups in total. The number of benzene rings is 2. The van der Waals surface area contributed by atoms with E-state index in [-0.39, 0.29) is 12.3 Å². The molecule has 7 nitrogen and oxygen atoms in total. The molecule has 0 bridgehead atoms. The second kappa shape index (κ2) is 8.84. The summed E-state index contributed by atoms with van der Waals surface area (Å²) in [5.41, 5.74) is 5.35. The summed E-state index contributed by atoms with van der Waals surface area (Å²) < 4.78 is 7.01. The number of nitrogens with zero attached hydrogens (tertiary/aromatic N) is 3. The van der Waals surface area contributed by atoms with Crippen LogP contribution in [0.2, 0.25) is 0 Å². The summed E-state index contributed by atoms with van der Waals surface area (Å²) in [5, 5.41) is 5.11. The maximum atomic E-state index is 12.7. The molecule has 0 saturated heterocycles. The van der Waals surface area contributed by atoms with Gasteiger partial charge in [-0.3, -0.25) is 9.79 Å². The van der Waals surface area contributed by atoms with E-state index >= 15 is 0 Å². The van der Waals surface area contributed by atoms with E-state index < -0.39 is 5.97 Å². The summed E-state index contributed by atoms with van der Waals surface area (Å²) >= 11 is 1.25. The van der Waals surface area contributed by atoms with Gasteiger partial charge in [0.2, 0.25) is 10.9 Å². The number of hydrogen-bond donors (Lipinski definition) is 1. The largest absolute Gasteiger partial charge is 0.461 e. The van der Waals surface area contributed by atoms with Crippen LogP contribution in [0.15, 0.2) is 77.4 Å². The third-order valence-corrected chi connectivity index (χ3v) is 6.01. The lowest BCUT2D eigenvalue weighted by Gasteiger charge is -2.08. The van der Waals surface area contributed by atoms with Crippen molar-refractivity contribution in [3.8, 4) is 16.9 Å². The smallest absolute Gasteiger partial charge is 0.367 e. The van der Waals surface area contributed by atoms with Gasteiger partial charge < -0.3 is 14.6 Å². The Hall–Kier alpha value is -4.04. The molecule has 0 aliphatic carbocycles. The van der Waals surface area contributed by atoms with E-state index in [4.69, 9.17) is 9.73 Å². The van der Waals surface area contributed by atoms with Gasteiger partial charge in [0.1, 0.15) is 0 Å². The Morgan fingerprint density at radius 1 is 1.12 bits per heavy atom. The predicted molar refractivity (Wildman–Crippen MR) is 129 cm³/mol. The Morgan fingerprint density at radius 3 is 2.76 bits per heavy atom. The Kier molecular flexibility index (Phi) is 5.58. The van der Waals surface area contributed by atoms with Crippen LogP contribution < -0.4 is 5.32 Å². The molecule has 5 rings (SSSR count). The van der Waals surface area contributed by atoms with Gasteiger partial charge in [-0.05, 0) is 48.9 Å². The summed E-state index contributed by atoms with van der Waals surface area (Å²) in [6.07, 6.45) is 4.06. The molecule has 0 spiro atoms. The van der Waals surface area contributed by atoms with Crippen molar-refractivity contribution in [3.05, 3.63) is 82.9 Å². The molecular formula is C25H20N4O3S. The van der Waals surface area contributed by atoms with Gasteiger partial charge in [-0.15, -0.1) is 11.3 Å². The van der Waals surface area contributed by atoms with Crippen molar-refractivity contribution >= 4 is 40.3 Å². The SMILES string of the molecule is CCOC(=O)c1nc(-c2cccc(C3=Nc4ccc(-n5cccc5)cc4NC(=O)C3)c2)cs1. The number of aliphatic imine (C=N–C) groups is 1. The number of carbonyl (C=O) groups excluding carboxylic acids is 2. The van der Waals surface area contributed by atoms with Crippen LogP contribution in [-0.2, 0) is 9.53 Å². The van der Waals surface area contributed by atoms with Crippen LogP contribution >= 0.6 is 11.3 Å². The molecule has 0 saturated carbocycles. The fraction of sp³-hybridized carbons (Fsp3) is 0.120. The van der Waals surface area contributed by atoms with Gasteiger partial charge in [-0.2, -0.15) is 0 Å². The number of rotatable bonds is 5. The summed E-state index contributed by atoms with van der Waals surface area (Å²) in [6, 6.07) is 17.4. The second-order valence-electron chi connectivity index (χ2n) is 7.41. The molecule has 0 radical (unpaired) electrons. The highest BCUT2D eigenvalue weighted by atomic mass is 32.1. The lowest BCUT2D eigenvalue weighted by Crippen LogP contribution is -2.15. The monoisotopic (exact) mass is 456 g/mol. The van der Waals surface area contributed by atoms with E-state index in [1.54, 1.807) is 6.92 Å². The van der Waals surface area contributed by atoms with Crippen molar-refractivity contribution in [2.75, 3.05) is 11.9 Å². The number of aromatic nitrogens is 2. The lowest BCUT2D eigenvalue weighted by molar-refractivity contribution is -0.115. The average molecular weight is 457 g/mol. The van der Waals surface area contributed by atoms with E-state index in [1.807, 2.05) is 76.9 Å². The Balaban J connectivity index is 1.48. The van der Waals surface area contributed by atoms with Crippen molar-refractivity contribution in [1.82, 2.24) is 9.55 Å². The minimum atomic E-state index is -0.425. The summed E-state index contributed by atoms with van der Waals surface area (Å²) in [5.74, 6) is -0.550. The molecule has 2 aromatic heterocycles. The van der Waals surface area contributed by atoms with E-state index in [2.05, 4.69) is 10.3 Å². The number of hydrogen-bond acceptors (Lipinski definition) is 6. The first-order valence-electron chi connectivity index (χ1n) is 10.5. The molecule has 0 atom stereocenters. The van der Waals surface area contributed by atoms with E-state index in [9.17, 15) is 9.59 Å². The quantitative estimate of drug-likeness (QED) is 0.416. The van der Waals surface area contributed by atoms with Crippen LogP contribution in [0.5, 0.6) is 0 Å². The summed E-state index contributed by atoms with van der Waals surface area (Å²) in [4.78, 5) is 33.8. The van der Waals surface area contributed by atoms with Gasteiger partial charge in [-0.1, -0.05) is 18.2 Å². The minimum absolute atomic E-state index is 0.124. The van der Waals surface area contributed by atoms with Gasteiger partial charge in [0.25, 0.3) is 0 Å². The van der Waals surface area contributed by atoms with Crippen molar-refractivity contribution in [1.29, 1.82) is 0 Å². The Morgan fingerprint density at radius 2 is 1.94 bits per heavy atom. The number of amides is 1. The Bertz CT molecular complexity index is 1370. The van der Waals surface area contributed by atoms with Crippen LogP contribution in [0, 0.1) is 0 Å². The van der Waals surface area contributed by atoms with Crippen molar-refractivity contribution < 1.29 is 14.3 Å².